The third-order valence-corrected chi connectivity index (χ3v) is 3.12. The lowest BCUT2D eigenvalue weighted by atomic mass is 10.1. The molecule has 1 amide bonds. The Morgan fingerprint density at radius 2 is 1.95 bits per heavy atom. The van der Waals surface area contributed by atoms with E-state index < -0.39 is 0 Å². The number of carbonyl (C=O) groups is 1. The molecular formula is C16H27N3O. The molecule has 4 heteroatoms. The smallest absolute Gasteiger partial charge is 0.251 e. The molecule has 0 aromatic heterocycles. The van der Waals surface area contributed by atoms with E-state index in [0.29, 0.717) is 29.8 Å². The highest BCUT2D eigenvalue weighted by Gasteiger charge is 2.16. The number of nitrogens with one attached hydrogen (secondary N) is 1. The molecule has 1 rings (SSSR count). The molecule has 3 N–H and O–H groups in total. The number of nitrogen functional groups attached to an aromatic ring is 1. The fourth-order valence-corrected chi connectivity index (χ4v) is 2.20. The van der Waals surface area contributed by atoms with Gasteiger partial charge in [0.1, 0.15) is 0 Å². The second kappa shape index (κ2) is 7.17. The van der Waals surface area contributed by atoms with Crippen LogP contribution >= 0.6 is 0 Å². The second-order valence-electron chi connectivity index (χ2n) is 5.77. The molecule has 0 aliphatic carbocycles. The van der Waals surface area contributed by atoms with Crippen LogP contribution in [0.3, 0.4) is 0 Å². The van der Waals surface area contributed by atoms with Crippen molar-refractivity contribution in [2.75, 3.05) is 23.7 Å². The first kappa shape index (κ1) is 16.3. The predicted octanol–water partition coefficient (Wildman–Crippen LogP) is 2.89. The van der Waals surface area contributed by atoms with Crippen LogP contribution in [0.25, 0.3) is 0 Å². The van der Waals surface area contributed by atoms with Crippen molar-refractivity contribution in [2.24, 2.45) is 5.92 Å². The summed E-state index contributed by atoms with van der Waals surface area (Å²) in [5.74, 6) is 0.477. The maximum Gasteiger partial charge on any atom is 0.251 e. The van der Waals surface area contributed by atoms with Gasteiger partial charge in [0, 0.05) is 24.7 Å². The molecule has 0 unspecified atom stereocenters. The van der Waals surface area contributed by atoms with Crippen molar-refractivity contribution < 1.29 is 4.79 Å². The van der Waals surface area contributed by atoms with Crippen LogP contribution in [0.5, 0.6) is 0 Å². The summed E-state index contributed by atoms with van der Waals surface area (Å²) in [7, 11) is 0. The Labute approximate surface area is 122 Å². The largest absolute Gasteiger partial charge is 0.397 e. The van der Waals surface area contributed by atoms with Crippen LogP contribution in [0.1, 0.15) is 45.0 Å². The van der Waals surface area contributed by atoms with Gasteiger partial charge in [0.25, 0.3) is 5.91 Å². The number of amides is 1. The third-order valence-electron chi connectivity index (χ3n) is 3.12. The fraction of sp³-hybridized carbons (Fsp3) is 0.562. The summed E-state index contributed by atoms with van der Waals surface area (Å²) in [4.78, 5) is 14.1. The first-order valence-corrected chi connectivity index (χ1v) is 7.31. The van der Waals surface area contributed by atoms with Gasteiger partial charge < -0.3 is 16.0 Å². The zero-order valence-electron chi connectivity index (χ0n) is 13.2. The van der Waals surface area contributed by atoms with E-state index in [1.807, 2.05) is 19.1 Å². The number of benzene rings is 1. The van der Waals surface area contributed by atoms with Crippen molar-refractivity contribution in [3.05, 3.63) is 23.8 Å². The Hall–Kier alpha value is -1.71. The van der Waals surface area contributed by atoms with Gasteiger partial charge >= 0.3 is 0 Å². The Kier molecular flexibility index (Phi) is 5.86. The fourth-order valence-electron chi connectivity index (χ4n) is 2.20. The minimum absolute atomic E-state index is 0.0780. The Bertz CT molecular complexity index is 455. The van der Waals surface area contributed by atoms with E-state index in [4.69, 9.17) is 5.73 Å². The van der Waals surface area contributed by atoms with Crippen LogP contribution in [0, 0.1) is 5.92 Å². The SMILES string of the molecule is CCNC(=O)c1ccc(N(CC(C)C)C(C)C)c(N)c1. The molecule has 0 aliphatic rings. The summed E-state index contributed by atoms with van der Waals surface area (Å²) in [6.07, 6.45) is 0. The highest BCUT2D eigenvalue weighted by molar-refractivity contribution is 5.96. The zero-order chi connectivity index (χ0) is 15.3. The van der Waals surface area contributed by atoms with Crippen molar-refractivity contribution in [3.8, 4) is 0 Å². The number of carbonyl (C=O) groups excluding carboxylic acids is 1. The van der Waals surface area contributed by atoms with Crippen molar-refractivity contribution in [1.82, 2.24) is 5.32 Å². The monoisotopic (exact) mass is 277 g/mol. The molecule has 1 aromatic carbocycles. The van der Waals surface area contributed by atoms with Crippen molar-refractivity contribution >= 4 is 17.3 Å². The molecule has 20 heavy (non-hydrogen) atoms. The van der Waals surface area contributed by atoms with E-state index in [-0.39, 0.29) is 5.91 Å². The van der Waals surface area contributed by atoms with E-state index in [2.05, 4.69) is 37.9 Å². The highest BCUT2D eigenvalue weighted by Crippen LogP contribution is 2.27. The lowest BCUT2D eigenvalue weighted by Gasteiger charge is -2.32. The predicted molar refractivity (Wildman–Crippen MR) is 86.2 cm³/mol. The average molecular weight is 277 g/mol. The molecule has 0 saturated heterocycles. The molecule has 0 heterocycles. The first-order valence-electron chi connectivity index (χ1n) is 7.31. The molecule has 1 aromatic rings. The van der Waals surface area contributed by atoms with E-state index in [0.717, 1.165) is 12.2 Å². The van der Waals surface area contributed by atoms with Gasteiger partial charge in [0.15, 0.2) is 0 Å². The lowest BCUT2D eigenvalue weighted by molar-refractivity contribution is 0.0956. The summed E-state index contributed by atoms with van der Waals surface area (Å²) in [6.45, 7) is 12.1. The summed E-state index contributed by atoms with van der Waals surface area (Å²) in [6, 6.07) is 5.92. The maximum atomic E-state index is 11.8. The van der Waals surface area contributed by atoms with Gasteiger partial charge in [-0.2, -0.15) is 0 Å². The molecule has 0 atom stereocenters. The number of nitrogens with zero attached hydrogens (tertiary/aromatic N) is 1. The summed E-state index contributed by atoms with van der Waals surface area (Å²) in [5, 5.41) is 2.78. The summed E-state index contributed by atoms with van der Waals surface area (Å²) < 4.78 is 0. The van der Waals surface area contributed by atoms with E-state index in [9.17, 15) is 4.79 Å². The van der Waals surface area contributed by atoms with Crippen LogP contribution in [0.4, 0.5) is 11.4 Å². The normalized spacial score (nSPS) is 10.9. The molecule has 0 bridgehead atoms. The number of nitrogens with two attached hydrogens (primary N) is 1. The molecular weight excluding hydrogens is 250 g/mol. The average Bonchev–Trinajstić information content (AvgIpc) is 2.36. The van der Waals surface area contributed by atoms with Crippen LogP contribution < -0.4 is 16.0 Å². The van der Waals surface area contributed by atoms with Crippen molar-refractivity contribution in [3.63, 3.8) is 0 Å². The Balaban J connectivity index is 3.04. The molecule has 0 radical (unpaired) electrons. The van der Waals surface area contributed by atoms with Crippen LogP contribution in [-0.2, 0) is 0 Å². The quantitative estimate of drug-likeness (QED) is 0.786. The van der Waals surface area contributed by atoms with Crippen LogP contribution in [-0.4, -0.2) is 25.0 Å². The molecule has 112 valence electrons. The topological polar surface area (TPSA) is 58.4 Å². The lowest BCUT2D eigenvalue weighted by Crippen LogP contribution is -2.34. The Morgan fingerprint density at radius 3 is 2.40 bits per heavy atom. The van der Waals surface area contributed by atoms with Gasteiger partial charge in [-0.3, -0.25) is 4.79 Å². The number of hydrogen-bond acceptors (Lipinski definition) is 3. The van der Waals surface area contributed by atoms with Gasteiger partial charge in [-0.15, -0.1) is 0 Å². The minimum atomic E-state index is -0.0780. The van der Waals surface area contributed by atoms with E-state index >= 15 is 0 Å². The molecule has 0 spiro atoms. The first-order chi connectivity index (χ1) is 9.36. The molecule has 0 aliphatic heterocycles. The van der Waals surface area contributed by atoms with Gasteiger partial charge in [-0.1, -0.05) is 13.8 Å². The van der Waals surface area contributed by atoms with Gasteiger partial charge in [-0.25, -0.2) is 0 Å². The number of anilines is 2. The standard InChI is InChI=1S/C16H27N3O/c1-6-18-16(20)13-7-8-15(14(17)9-13)19(12(4)5)10-11(2)3/h7-9,11-12H,6,10,17H2,1-5H3,(H,18,20). The third kappa shape index (κ3) is 4.15. The maximum absolute atomic E-state index is 11.8. The summed E-state index contributed by atoms with van der Waals surface area (Å²) >= 11 is 0. The molecule has 4 nitrogen and oxygen atoms in total. The second-order valence-corrected chi connectivity index (χ2v) is 5.77. The van der Waals surface area contributed by atoms with Gasteiger partial charge in [-0.05, 0) is 44.9 Å². The van der Waals surface area contributed by atoms with E-state index in [1.165, 1.54) is 0 Å². The van der Waals surface area contributed by atoms with Crippen LogP contribution in [0.15, 0.2) is 18.2 Å². The van der Waals surface area contributed by atoms with Gasteiger partial charge in [0.05, 0.1) is 11.4 Å². The van der Waals surface area contributed by atoms with E-state index in [1.54, 1.807) is 6.07 Å². The van der Waals surface area contributed by atoms with Crippen molar-refractivity contribution in [1.29, 1.82) is 0 Å². The number of hydrogen-bond donors (Lipinski definition) is 2. The number of rotatable bonds is 6. The van der Waals surface area contributed by atoms with Crippen LogP contribution in [0.2, 0.25) is 0 Å². The molecule has 0 saturated carbocycles. The van der Waals surface area contributed by atoms with Gasteiger partial charge in [0.2, 0.25) is 0 Å². The zero-order valence-corrected chi connectivity index (χ0v) is 13.2. The van der Waals surface area contributed by atoms with Crippen molar-refractivity contribution in [2.45, 2.75) is 40.7 Å². The summed E-state index contributed by atoms with van der Waals surface area (Å²) in [5.41, 5.74) is 8.42. The minimum Gasteiger partial charge on any atom is -0.397 e. The highest BCUT2D eigenvalue weighted by atomic mass is 16.1. The molecule has 0 fully saturated rings. The Morgan fingerprint density at radius 1 is 1.30 bits per heavy atom.